The Hall–Kier alpha value is -0.910. The molecular weight excluding hydrogens is 226 g/mol. The lowest BCUT2D eigenvalue weighted by Crippen LogP contribution is -2.29. The summed E-state index contributed by atoms with van der Waals surface area (Å²) in [6, 6.07) is 8.04. The smallest absolute Gasteiger partial charge is 0.280 e. The van der Waals surface area contributed by atoms with Gasteiger partial charge in [0.1, 0.15) is 5.37 Å². The summed E-state index contributed by atoms with van der Waals surface area (Å²) in [5.41, 5.74) is 7.64. The van der Waals surface area contributed by atoms with Gasteiger partial charge in [0.2, 0.25) is 0 Å². The zero-order chi connectivity index (χ0) is 12.2. The molecule has 0 saturated carbocycles. The summed E-state index contributed by atoms with van der Waals surface area (Å²) in [4.78, 5) is 0. The second-order valence-corrected chi connectivity index (χ2v) is 5.57. The molecule has 0 aliphatic rings. The van der Waals surface area contributed by atoms with Gasteiger partial charge < -0.3 is 5.73 Å². The Bertz CT molecular complexity index is 425. The Morgan fingerprint density at radius 1 is 1.31 bits per heavy atom. The normalized spacial score (nSPS) is 13.7. The summed E-state index contributed by atoms with van der Waals surface area (Å²) in [5, 5.41) is -1.17. The quantitative estimate of drug-likeness (QED) is 0.768. The predicted molar refractivity (Wildman–Crippen MR) is 63.6 cm³/mol. The molecule has 4 nitrogen and oxygen atoms in total. The van der Waals surface area contributed by atoms with E-state index < -0.39 is 15.5 Å². The highest BCUT2D eigenvalue weighted by atomic mass is 32.2. The van der Waals surface area contributed by atoms with Crippen LogP contribution < -0.4 is 5.73 Å². The number of aryl methyl sites for hydroxylation is 2. The number of nitrogens with two attached hydrogens (primary N) is 1. The van der Waals surface area contributed by atoms with Gasteiger partial charge >= 0.3 is 0 Å². The van der Waals surface area contributed by atoms with Gasteiger partial charge in [0.15, 0.2) is 0 Å². The lowest BCUT2D eigenvalue weighted by molar-refractivity contribution is 0.461. The van der Waals surface area contributed by atoms with Gasteiger partial charge in [-0.3, -0.25) is 4.55 Å². The van der Waals surface area contributed by atoms with Crippen molar-refractivity contribution < 1.29 is 13.0 Å². The van der Waals surface area contributed by atoms with E-state index in [1.54, 1.807) is 0 Å². The monoisotopic (exact) mass is 243 g/mol. The van der Waals surface area contributed by atoms with Crippen LogP contribution in [0.3, 0.4) is 0 Å². The minimum atomic E-state index is -4.09. The largest absolute Gasteiger partial charge is 0.313 e. The van der Waals surface area contributed by atoms with Gasteiger partial charge in [0, 0.05) is 0 Å². The minimum Gasteiger partial charge on any atom is -0.313 e. The van der Waals surface area contributed by atoms with Gasteiger partial charge in [0.05, 0.1) is 0 Å². The molecule has 90 valence electrons. The molecule has 1 rings (SSSR count). The summed E-state index contributed by atoms with van der Waals surface area (Å²) in [7, 11) is -4.09. The second-order valence-electron chi connectivity index (χ2n) is 3.93. The van der Waals surface area contributed by atoms with Crippen molar-refractivity contribution in [3.63, 3.8) is 0 Å². The fourth-order valence-electron chi connectivity index (χ4n) is 1.41. The van der Waals surface area contributed by atoms with Crippen molar-refractivity contribution in [3.8, 4) is 0 Å². The van der Waals surface area contributed by atoms with Gasteiger partial charge in [-0.2, -0.15) is 8.42 Å². The Balaban J connectivity index is 2.39. The molecule has 0 amide bonds. The number of rotatable bonds is 5. The first kappa shape index (κ1) is 13.2. The summed E-state index contributed by atoms with van der Waals surface area (Å²) < 4.78 is 30.0. The third-order valence-electron chi connectivity index (χ3n) is 2.46. The average Bonchev–Trinajstić information content (AvgIpc) is 2.19. The molecule has 16 heavy (non-hydrogen) atoms. The SMILES string of the molecule is Cc1ccc(CCCC(N)S(=O)(=O)O)cc1. The van der Waals surface area contributed by atoms with E-state index in [0.29, 0.717) is 6.42 Å². The maximum Gasteiger partial charge on any atom is 0.280 e. The van der Waals surface area contributed by atoms with Crippen LogP contribution in [0.1, 0.15) is 24.0 Å². The Labute approximate surface area is 96.2 Å². The number of benzene rings is 1. The fraction of sp³-hybridized carbons (Fsp3) is 0.455. The molecule has 0 bridgehead atoms. The molecule has 0 fully saturated rings. The van der Waals surface area contributed by atoms with Gasteiger partial charge in [-0.1, -0.05) is 29.8 Å². The highest BCUT2D eigenvalue weighted by Gasteiger charge is 2.16. The Morgan fingerprint density at radius 3 is 2.38 bits per heavy atom. The van der Waals surface area contributed by atoms with E-state index in [9.17, 15) is 8.42 Å². The zero-order valence-electron chi connectivity index (χ0n) is 9.26. The molecule has 1 aromatic carbocycles. The first-order chi connectivity index (χ1) is 7.39. The molecular formula is C11H17NO3S. The third-order valence-corrected chi connectivity index (χ3v) is 3.46. The summed E-state index contributed by atoms with van der Waals surface area (Å²) in [6.45, 7) is 2.01. The third kappa shape index (κ3) is 4.30. The van der Waals surface area contributed by atoms with Crippen LogP contribution in [0.2, 0.25) is 0 Å². The highest BCUT2D eigenvalue weighted by molar-refractivity contribution is 7.86. The maximum absolute atomic E-state index is 10.6. The number of hydrogen-bond donors (Lipinski definition) is 2. The fourth-order valence-corrected chi connectivity index (χ4v) is 1.88. The lowest BCUT2D eigenvalue weighted by atomic mass is 10.1. The molecule has 0 heterocycles. The van der Waals surface area contributed by atoms with Crippen molar-refractivity contribution >= 4 is 10.1 Å². The molecule has 0 spiro atoms. The van der Waals surface area contributed by atoms with Gasteiger partial charge in [-0.05, 0) is 31.7 Å². The molecule has 0 aliphatic carbocycles. The summed E-state index contributed by atoms with van der Waals surface area (Å²) >= 11 is 0. The summed E-state index contributed by atoms with van der Waals surface area (Å²) in [6.07, 6.45) is 1.68. The van der Waals surface area contributed by atoms with E-state index in [-0.39, 0.29) is 6.42 Å². The van der Waals surface area contributed by atoms with Crippen LogP contribution in [0, 0.1) is 6.92 Å². The number of hydrogen-bond acceptors (Lipinski definition) is 3. The average molecular weight is 243 g/mol. The van der Waals surface area contributed by atoms with Gasteiger partial charge in [0.25, 0.3) is 10.1 Å². The standard InChI is InChI=1S/C11H17NO3S/c1-9-5-7-10(8-6-9)3-2-4-11(12)16(13,14)15/h5-8,11H,2-4,12H2,1H3,(H,13,14,15). The van der Waals surface area contributed by atoms with Crippen LogP contribution in [0.5, 0.6) is 0 Å². The highest BCUT2D eigenvalue weighted by Crippen LogP contribution is 2.09. The van der Waals surface area contributed by atoms with Crippen LogP contribution >= 0.6 is 0 Å². The minimum absolute atomic E-state index is 0.271. The molecule has 0 aliphatic heterocycles. The van der Waals surface area contributed by atoms with E-state index in [2.05, 4.69) is 0 Å². The van der Waals surface area contributed by atoms with Crippen LogP contribution in [0.15, 0.2) is 24.3 Å². The second kappa shape index (κ2) is 5.43. The molecule has 1 unspecified atom stereocenters. The van der Waals surface area contributed by atoms with Crippen molar-refractivity contribution in [2.45, 2.75) is 31.6 Å². The maximum atomic E-state index is 10.6. The Kier molecular flexibility index (Phi) is 4.46. The lowest BCUT2D eigenvalue weighted by Gasteiger charge is -2.07. The zero-order valence-corrected chi connectivity index (χ0v) is 10.1. The topological polar surface area (TPSA) is 80.4 Å². The van der Waals surface area contributed by atoms with Crippen molar-refractivity contribution in [2.24, 2.45) is 5.73 Å². The van der Waals surface area contributed by atoms with Gasteiger partial charge in [-0.15, -0.1) is 0 Å². The predicted octanol–water partition coefficient (Wildman–Crippen LogP) is 1.49. The van der Waals surface area contributed by atoms with E-state index in [1.807, 2.05) is 31.2 Å². The molecule has 0 radical (unpaired) electrons. The van der Waals surface area contributed by atoms with E-state index in [0.717, 1.165) is 12.0 Å². The first-order valence-electron chi connectivity index (χ1n) is 5.17. The summed E-state index contributed by atoms with van der Waals surface area (Å²) in [5.74, 6) is 0. The van der Waals surface area contributed by atoms with Crippen molar-refractivity contribution in [2.75, 3.05) is 0 Å². The van der Waals surface area contributed by atoms with E-state index >= 15 is 0 Å². The van der Waals surface area contributed by atoms with E-state index in [1.165, 1.54) is 5.56 Å². The van der Waals surface area contributed by atoms with Crippen molar-refractivity contribution in [3.05, 3.63) is 35.4 Å². The van der Waals surface area contributed by atoms with Crippen LogP contribution in [0.25, 0.3) is 0 Å². The van der Waals surface area contributed by atoms with Crippen molar-refractivity contribution in [1.29, 1.82) is 0 Å². The molecule has 1 aromatic rings. The Morgan fingerprint density at radius 2 is 1.88 bits per heavy atom. The molecule has 0 saturated heterocycles. The molecule has 1 atom stereocenters. The van der Waals surface area contributed by atoms with Crippen molar-refractivity contribution in [1.82, 2.24) is 0 Å². The van der Waals surface area contributed by atoms with Crippen LogP contribution in [0.4, 0.5) is 0 Å². The molecule has 0 aromatic heterocycles. The van der Waals surface area contributed by atoms with Crippen LogP contribution in [-0.4, -0.2) is 18.3 Å². The first-order valence-corrected chi connectivity index (χ1v) is 6.67. The van der Waals surface area contributed by atoms with Crippen LogP contribution in [-0.2, 0) is 16.5 Å². The van der Waals surface area contributed by atoms with E-state index in [4.69, 9.17) is 10.3 Å². The molecule has 5 heteroatoms. The molecule has 3 N–H and O–H groups in total. The van der Waals surface area contributed by atoms with Gasteiger partial charge in [-0.25, -0.2) is 0 Å².